The summed E-state index contributed by atoms with van der Waals surface area (Å²) in [7, 11) is 0. The number of piperidine rings is 1. The van der Waals surface area contributed by atoms with Crippen molar-refractivity contribution in [1.82, 2.24) is 4.90 Å². The van der Waals surface area contributed by atoms with Gasteiger partial charge in [0, 0.05) is 12.2 Å². The van der Waals surface area contributed by atoms with Crippen molar-refractivity contribution in [1.29, 1.82) is 0 Å². The van der Waals surface area contributed by atoms with Gasteiger partial charge < -0.3 is 14.9 Å². The fourth-order valence-electron chi connectivity index (χ4n) is 2.77. The van der Waals surface area contributed by atoms with E-state index in [1.54, 1.807) is 0 Å². The van der Waals surface area contributed by atoms with Gasteiger partial charge in [0.25, 0.3) is 0 Å². The number of carboxylic acid groups (broad SMARTS) is 1. The largest absolute Gasteiger partial charge is 0.480 e. The molecule has 4 heteroatoms. The molecule has 0 amide bonds. The Hall–Kier alpha value is -1.55. The van der Waals surface area contributed by atoms with Gasteiger partial charge in [0.2, 0.25) is 0 Å². The number of anilines is 1. The highest BCUT2D eigenvalue weighted by atomic mass is 16.4. The first-order valence-electron chi connectivity index (χ1n) is 7.50. The van der Waals surface area contributed by atoms with Gasteiger partial charge in [-0.05, 0) is 51.0 Å². The van der Waals surface area contributed by atoms with Gasteiger partial charge >= 0.3 is 5.97 Å². The van der Waals surface area contributed by atoms with E-state index in [2.05, 4.69) is 4.90 Å². The second-order valence-corrected chi connectivity index (χ2v) is 5.41. The summed E-state index contributed by atoms with van der Waals surface area (Å²) in [6.45, 7) is 4.34. The number of hydrogen-bond acceptors (Lipinski definition) is 3. The fourth-order valence-corrected chi connectivity index (χ4v) is 2.77. The molecule has 2 rings (SSSR count). The van der Waals surface area contributed by atoms with Crippen LogP contribution < -0.4 is 4.90 Å². The van der Waals surface area contributed by atoms with E-state index in [1.165, 1.54) is 32.4 Å². The van der Waals surface area contributed by atoms with E-state index in [1.807, 2.05) is 35.2 Å². The molecule has 0 radical (unpaired) electrons. The summed E-state index contributed by atoms with van der Waals surface area (Å²) in [5, 5.41) is 9.04. The van der Waals surface area contributed by atoms with E-state index in [-0.39, 0.29) is 6.54 Å². The predicted octanol–water partition coefficient (Wildman–Crippen LogP) is 2.45. The van der Waals surface area contributed by atoms with E-state index in [4.69, 9.17) is 5.11 Å². The van der Waals surface area contributed by atoms with Crippen LogP contribution in [0.1, 0.15) is 25.7 Å². The van der Waals surface area contributed by atoms with Crippen LogP contribution in [0.25, 0.3) is 0 Å². The number of aliphatic carboxylic acids is 1. The van der Waals surface area contributed by atoms with Crippen LogP contribution in [0, 0.1) is 0 Å². The molecule has 1 aromatic rings. The molecular formula is C16H24N2O2. The lowest BCUT2D eigenvalue weighted by atomic mass is 10.1. The van der Waals surface area contributed by atoms with Crippen molar-refractivity contribution in [3.63, 3.8) is 0 Å². The van der Waals surface area contributed by atoms with Gasteiger partial charge in [0.15, 0.2) is 0 Å². The average molecular weight is 276 g/mol. The molecule has 0 unspecified atom stereocenters. The first kappa shape index (κ1) is 14.9. The van der Waals surface area contributed by atoms with Gasteiger partial charge in [-0.25, -0.2) is 0 Å². The number of benzene rings is 1. The molecule has 0 aliphatic carbocycles. The highest BCUT2D eigenvalue weighted by molar-refractivity contribution is 5.73. The molecule has 1 aliphatic rings. The lowest BCUT2D eigenvalue weighted by molar-refractivity contribution is -0.135. The SMILES string of the molecule is O=C(O)CN(CCCN1CCCCC1)c1ccccc1. The van der Waals surface area contributed by atoms with Crippen LogP contribution >= 0.6 is 0 Å². The summed E-state index contributed by atoms with van der Waals surface area (Å²) in [6, 6.07) is 9.81. The summed E-state index contributed by atoms with van der Waals surface area (Å²) in [4.78, 5) is 15.4. The summed E-state index contributed by atoms with van der Waals surface area (Å²) in [5.74, 6) is -0.771. The molecule has 1 aliphatic heterocycles. The Morgan fingerprint density at radius 2 is 1.85 bits per heavy atom. The van der Waals surface area contributed by atoms with Crippen molar-refractivity contribution >= 4 is 11.7 Å². The first-order chi connectivity index (χ1) is 9.75. The molecule has 0 saturated carbocycles. The Morgan fingerprint density at radius 1 is 1.15 bits per heavy atom. The van der Waals surface area contributed by atoms with E-state index in [0.29, 0.717) is 0 Å². The topological polar surface area (TPSA) is 43.8 Å². The standard InChI is InChI=1S/C16H24N2O2/c19-16(20)14-18(15-8-3-1-4-9-15)13-7-12-17-10-5-2-6-11-17/h1,3-4,8-9H,2,5-7,10-14H2,(H,19,20). The molecule has 0 spiro atoms. The van der Waals surface area contributed by atoms with Crippen molar-refractivity contribution in [2.24, 2.45) is 0 Å². The van der Waals surface area contributed by atoms with Gasteiger partial charge in [-0.2, -0.15) is 0 Å². The molecular weight excluding hydrogens is 252 g/mol. The number of likely N-dealkylation sites (tertiary alicyclic amines) is 1. The lowest BCUT2D eigenvalue weighted by Crippen LogP contribution is -2.35. The zero-order valence-corrected chi connectivity index (χ0v) is 12.0. The minimum atomic E-state index is -0.771. The van der Waals surface area contributed by atoms with E-state index < -0.39 is 5.97 Å². The summed E-state index contributed by atoms with van der Waals surface area (Å²) in [5.41, 5.74) is 0.994. The summed E-state index contributed by atoms with van der Waals surface area (Å²) >= 11 is 0. The molecule has 20 heavy (non-hydrogen) atoms. The van der Waals surface area contributed by atoms with E-state index in [9.17, 15) is 4.79 Å². The lowest BCUT2D eigenvalue weighted by Gasteiger charge is -2.28. The molecule has 1 saturated heterocycles. The molecule has 1 heterocycles. The zero-order valence-electron chi connectivity index (χ0n) is 12.0. The average Bonchev–Trinajstić information content (AvgIpc) is 2.48. The van der Waals surface area contributed by atoms with Crippen LogP contribution in [0.2, 0.25) is 0 Å². The van der Waals surface area contributed by atoms with Crippen molar-refractivity contribution < 1.29 is 9.90 Å². The summed E-state index contributed by atoms with van der Waals surface area (Å²) in [6.07, 6.45) is 4.98. The smallest absolute Gasteiger partial charge is 0.323 e. The highest BCUT2D eigenvalue weighted by Crippen LogP contribution is 2.14. The Kier molecular flexibility index (Phi) is 5.87. The minimum Gasteiger partial charge on any atom is -0.480 e. The number of rotatable bonds is 7. The Labute approximate surface area is 121 Å². The maximum atomic E-state index is 11.0. The third-order valence-corrected chi connectivity index (χ3v) is 3.80. The second kappa shape index (κ2) is 7.90. The molecule has 1 N–H and O–H groups in total. The number of nitrogens with zero attached hydrogens (tertiary/aromatic N) is 2. The molecule has 1 fully saturated rings. The Balaban J connectivity index is 1.83. The predicted molar refractivity (Wildman–Crippen MR) is 81.2 cm³/mol. The number of carboxylic acids is 1. The van der Waals surface area contributed by atoms with Crippen molar-refractivity contribution in [2.45, 2.75) is 25.7 Å². The normalized spacial score (nSPS) is 16.0. The van der Waals surface area contributed by atoms with E-state index >= 15 is 0 Å². The van der Waals surface area contributed by atoms with Crippen LogP contribution in [0.3, 0.4) is 0 Å². The van der Waals surface area contributed by atoms with Crippen molar-refractivity contribution in [2.75, 3.05) is 37.6 Å². The third-order valence-electron chi connectivity index (χ3n) is 3.80. The van der Waals surface area contributed by atoms with Gasteiger partial charge in [-0.15, -0.1) is 0 Å². The van der Waals surface area contributed by atoms with Gasteiger partial charge in [-0.3, -0.25) is 4.79 Å². The van der Waals surface area contributed by atoms with E-state index in [0.717, 1.165) is 25.2 Å². The zero-order chi connectivity index (χ0) is 14.2. The van der Waals surface area contributed by atoms with Crippen LogP contribution in [0.4, 0.5) is 5.69 Å². The second-order valence-electron chi connectivity index (χ2n) is 5.41. The van der Waals surface area contributed by atoms with Crippen LogP contribution in [-0.2, 0) is 4.79 Å². The fraction of sp³-hybridized carbons (Fsp3) is 0.562. The maximum Gasteiger partial charge on any atom is 0.323 e. The number of para-hydroxylation sites is 1. The highest BCUT2D eigenvalue weighted by Gasteiger charge is 2.13. The van der Waals surface area contributed by atoms with Crippen molar-refractivity contribution in [3.05, 3.63) is 30.3 Å². The molecule has 0 atom stereocenters. The molecule has 110 valence electrons. The van der Waals surface area contributed by atoms with Crippen molar-refractivity contribution in [3.8, 4) is 0 Å². The molecule has 1 aromatic carbocycles. The van der Waals surface area contributed by atoms with Crippen LogP contribution in [-0.4, -0.2) is 48.7 Å². The number of carbonyl (C=O) groups is 1. The van der Waals surface area contributed by atoms with Gasteiger partial charge in [0.1, 0.15) is 6.54 Å². The third kappa shape index (κ3) is 4.85. The molecule has 0 bridgehead atoms. The molecule has 0 aromatic heterocycles. The number of hydrogen-bond donors (Lipinski definition) is 1. The quantitative estimate of drug-likeness (QED) is 0.831. The first-order valence-corrected chi connectivity index (χ1v) is 7.50. The maximum absolute atomic E-state index is 11.0. The minimum absolute atomic E-state index is 0.0734. The monoisotopic (exact) mass is 276 g/mol. The van der Waals surface area contributed by atoms with Crippen LogP contribution in [0.15, 0.2) is 30.3 Å². The Bertz CT molecular complexity index is 402. The summed E-state index contributed by atoms with van der Waals surface area (Å²) < 4.78 is 0. The van der Waals surface area contributed by atoms with Gasteiger partial charge in [-0.1, -0.05) is 24.6 Å². The van der Waals surface area contributed by atoms with Crippen LogP contribution in [0.5, 0.6) is 0 Å². The Morgan fingerprint density at radius 3 is 2.50 bits per heavy atom. The van der Waals surface area contributed by atoms with Gasteiger partial charge in [0.05, 0.1) is 0 Å². The molecule has 4 nitrogen and oxygen atoms in total.